The number of aryl methyl sites for hydroxylation is 1. The Bertz CT molecular complexity index is 715. The van der Waals surface area contributed by atoms with Crippen LogP contribution in [-0.2, 0) is 14.3 Å². The SMILES string of the molecule is C/C=C\c1csc(C)n1.CC.CC1CCCOC(=O)CC(O)C(C)C(=O)C(C)CC(C)CCC1. The molecule has 1 aliphatic heterocycles. The number of esters is 1. The van der Waals surface area contributed by atoms with Crippen molar-refractivity contribution in [1.29, 1.82) is 0 Å². The van der Waals surface area contributed by atoms with Crippen molar-refractivity contribution in [1.82, 2.24) is 4.98 Å². The molecule has 0 amide bonds. The fourth-order valence-electron chi connectivity index (χ4n) is 4.09. The van der Waals surface area contributed by atoms with Gasteiger partial charge in [-0.25, -0.2) is 4.98 Å². The summed E-state index contributed by atoms with van der Waals surface area (Å²) in [5.41, 5.74) is 1.07. The minimum atomic E-state index is -0.945. The Labute approximate surface area is 212 Å². The van der Waals surface area contributed by atoms with Gasteiger partial charge in [0.2, 0.25) is 0 Å². The molecule has 5 unspecified atom stereocenters. The molecule has 0 bridgehead atoms. The first kappa shape index (κ1) is 32.5. The fourth-order valence-corrected chi connectivity index (χ4v) is 4.67. The van der Waals surface area contributed by atoms with E-state index in [1.807, 2.05) is 46.8 Å². The Kier molecular flexibility index (Phi) is 17.9. The van der Waals surface area contributed by atoms with E-state index in [4.69, 9.17) is 4.74 Å². The molecule has 1 fully saturated rings. The first-order valence-corrected chi connectivity index (χ1v) is 13.9. The number of allylic oxidation sites excluding steroid dienone is 1. The van der Waals surface area contributed by atoms with Crippen LogP contribution in [0.4, 0.5) is 0 Å². The topological polar surface area (TPSA) is 76.5 Å². The number of carbonyl (C=O) groups excluding carboxylic acids is 2. The van der Waals surface area contributed by atoms with Crippen LogP contribution in [0, 0.1) is 30.6 Å². The summed E-state index contributed by atoms with van der Waals surface area (Å²) < 4.78 is 5.18. The number of rotatable bonds is 1. The van der Waals surface area contributed by atoms with E-state index in [-0.39, 0.29) is 18.1 Å². The fraction of sp³-hybridized carbons (Fsp3) is 0.750. The van der Waals surface area contributed by atoms with Crippen molar-refractivity contribution in [3.05, 3.63) is 22.2 Å². The molecular formula is C28H49NO4S. The molecule has 2 rings (SSSR count). The van der Waals surface area contributed by atoms with Gasteiger partial charge in [0.1, 0.15) is 5.78 Å². The van der Waals surface area contributed by atoms with Crippen molar-refractivity contribution in [2.45, 2.75) is 106 Å². The van der Waals surface area contributed by atoms with E-state index < -0.39 is 18.0 Å². The van der Waals surface area contributed by atoms with Crippen LogP contribution >= 0.6 is 11.3 Å². The van der Waals surface area contributed by atoms with E-state index in [9.17, 15) is 14.7 Å². The van der Waals surface area contributed by atoms with Gasteiger partial charge in [0.05, 0.1) is 29.8 Å². The highest BCUT2D eigenvalue weighted by Crippen LogP contribution is 2.24. The number of aliphatic hydroxyl groups excluding tert-OH is 1. The second-order valence-corrected chi connectivity index (χ2v) is 10.5. The number of nitrogens with zero attached hydrogens (tertiary/aromatic N) is 1. The van der Waals surface area contributed by atoms with Crippen molar-refractivity contribution < 1.29 is 19.4 Å². The quantitative estimate of drug-likeness (QED) is 0.415. The van der Waals surface area contributed by atoms with Crippen molar-refractivity contribution in [3.8, 4) is 0 Å². The smallest absolute Gasteiger partial charge is 0.308 e. The molecule has 5 nitrogen and oxygen atoms in total. The molecule has 0 spiro atoms. The molecular weight excluding hydrogens is 446 g/mol. The van der Waals surface area contributed by atoms with Crippen LogP contribution in [0.2, 0.25) is 0 Å². The van der Waals surface area contributed by atoms with Gasteiger partial charge in [-0.1, -0.05) is 66.9 Å². The van der Waals surface area contributed by atoms with Crippen LogP contribution in [0.25, 0.3) is 6.08 Å². The molecule has 2 heterocycles. The third-order valence-electron chi connectivity index (χ3n) is 6.12. The highest BCUT2D eigenvalue weighted by molar-refractivity contribution is 7.09. The Morgan fingerprint density at radius 3 is 2.26 bits per heavy atom. The van der Waals surface area contributed by atoms with E-state index >= 15 is 0 Å². The van der Waals surface area contributed by atoms with Gasteiger partial charge in [0.15, 0.2) is 0 Å². The van der Waals surface area contributed by atoms with Crippen molar-refractivity contribution in [2.75, 3.05) is 6.61 Å². The summed E-state index contributed by atoms with van der Waals surface area (Å²) in [6.07, 6.45) is 9.27. The van der Waals surface area contributed by atoms with E-state index in [2.05, 4.69) is 24.2 Å². The third-order valence-corrected chi connectivity index (χ3v) is 6.91. The lowest BCUT2D eigenvalue weighted by Crippen LogP contribution is -2.32. The van der Waals surface area contributed by atoms with Gasteiger partial charge >= 0.3 is 5.97 Å². The molecule has 34 heavy (non-hydrogen) atoms. The van der Waals surface area contributed by atoms with Crippen LogP contribution in [0.1, 0.15) is 104 Å². The zero-order valence-electron chi connectivity index (χ0n) is 22.8. The van der Waals surface area contributed by atoms with Gasteiger partial charge in [0, 0.05) is 17.2 Å². The van der Waals surface area contributed by atoms with Crippen molar-refractivity contribution in [2.24, 2.45) is 23.7 Å². The van der Waals surface area contributed by atoms with Gasteiger partial charge < -0.3 is 9.84 Å². The predicted molar refractivity (Wildman–Crippen MR) is 144 cm³/mol. The van der Waals surface area contributed by atoms with E-state index in [1.54, 1.807) is 18.3 Å². The molecule has 1 aliphatic rings. The number of hydrogen-bond acceptors (Lipinski definition) is 6. The summed E-state index contributed by atoms with van der Waals surface area (Å²) in [5.74, 6) is 0.214. The third kappa shape index (κ3) is 14.0. The monoisotopic (exact) mass is 495 g/mol. The standard InChI is InChI=1S/C19H34O4.C7H9NS.C2H6/c1-13-7-5-8-14(2)11-15(3)19(22)16(4)17(20)12-18(21)23-10-6-9-13;1-3-4-7-5-9-6(2)8-7;1-2/h13-17,20H,5-12H2,1-4H3;3-5H,1-2H3;1-2H3/b;4-3-;. The summed E-state index contributed by atoms with van der Waals surface area (Å²) >= 11 is 1.68. The second-order valence-electron chi connectivity index (χ2n) is 9.39. The van der Waals surface area contributed by atoms with Crippen molar-refractivity contribution >= 4 is 29.2 Å². The zero-order valence-corrected chi connectivity index (χ0v) is 23.6. The molecule has 1 aromatic rings. The molecule has 1 saturated heterocycles. The average Bonchev–Trinajstić information content (AvgIpc) is 3.21. The highest BCUT2D eigenvalue weighted by Gasteiger charge is 2.29. The maximum atomic E-state index is 12.4. The molecule has 6 heteroatoms. The lowest BCUT2D eigenvalue weighted by Gasteiger charge is -2.23. The molecule has 0 radical (unpaired) electrons. The van der Waals surface area contributed by atoms with Gasteiger partial charge in [-0.2, -0.15) is 0 Å². The van der Waals surface area contributed by atoms with Gasteiger partial charge in [-0.05, 0) is 51.0 Å². The minimum absolute atomic E-state index is 0.0533. The number of aromatic nitrogens is 1. The number of ketones is 1. The predicted octanol–water partition coefficient (Wildman–Crippen LogP) is 7.26. The Morgan fingerprint density at radius 2 is 1.68 bits per heavy atom. The average molecular weight is 496 g/mol. The molecule has 1 N–H and O–H groups in total. The lowest BCUT2D eigenvalue weighted by molar-refractivity contribution is -0.147. The number of hydrogen-bond donors (Lipinski definition) is 1. The van der Waals surface area contributed by atoms with Crippen LogP contribution in [-0.4, -0.2) is 34.6 Å². The van der Waals surface area contributed by atoms with E-state index in [0.29, 0.717) is 18.4 Å². The number of cyclic esters (lactones) is 1. The highest BCUT2D eigenvalue weighted by atomic mass is 32.1. The van der Waals surface area contributed by atoms with Crippen LogP contribution in [0.3, 0.4) is 0 Å². The van der Waals surface area contributed by atoms with Gasteiger partial charge in [0.25, 0.3) is 0 Å². The number of thiazole rings is 1. The zero-order chi connectivity index (χ0) is 26.1. The van der Waals surface area contributed by atoms with Crippen LogP contribution < -0.4 is 0 Å². The number of carbonyl (C=O) groups is 2. The van der Waals surface area contributed by atoms with E-state index in [1.165, 1.54) is 12.8 Å². The Morgan fingerprint density at radius 1 is 1.06 bits per heavy atom. The van der Waals surface area contributed by atoms with Crippen molar-refractivity contribution in [3.63, 3.8) is 0 Å². The number of Topliss-reactive ketones (excluding diaryl/α,β-unsaturated/α-hetero) is 1. The molecule has 5 atom stereocenters. The Hall–Kier alpha value is -1.53. The summed E-state index contributed by atoms with van der Waals surface area (Å²) in [7, 11) is 0. The summed E-state index contributed by atoms with van der Waals surface area (Å²) in [6.45, 7) is 16.5. The normalized spacial score (nSPS) is 27.7. The summed E-state index contributed by atoms with van der Waals surface area (Å²) in [5, 5.41) is 13.3. The van der Waals surface area contributed by atoms with Gasteiger partial charge in [-0.3, -0.25) is 9.59 Å². The molecule has 0 aromatic carbocycles. The van der Waals surface area contributed by atoms with Gasteiger partial charge in [-0.15, -0.1) is 11.3 Å². The minimum Gasteiger partial charge on any atom is -0.466 e. The molecule has 0 saturated carbocycles. The molecule has 0 aliphatic carbocycles. The Balaban J connectivity index is 0.000000819. The maximum absolute atomic E-state index is 12.4. The maximum Gasteiger partial charge on any atom is 0.308 e. The summed E-state index contributed by atoms with van der Waals surface area (Å²) in [6, 6.07) is 0. The van der Waals surface area contributed by atoms with Crippen LogP contribution in [0.15, 0.2) is 11.5 Å². The molecule has 196 valence electrons. The largest absolute Gasteiger partial charge is 0.466 e. The first-order valence-electron chi connectivity index (χ1n) is 13.1. The van der Waals surface area contributed by atoms with Crippen LogP contribution in [0.5, 0.6) is 0 Å². The second kappa shape index (κ2) is 18.8. The number of aliphatic hydroxyl groups is 1. The first-order chi connectivity index (χ1) is 16.1. The van der Waals surface area contributed by atoms with E-state index in [0.717, 1.165) is 36.4 Å². The lowest BCUT2D eigenvalue weighted by atomic mass is 9.83. The number of ether oxygens (including phenoxy) is 1. The molecule has 1 aromatic heterocycles. The summed E-state index contributed by atoms with van der Waals surface area (Å²) in [4.78, 5) is 28.4.